The zero-order valence-electron chi connectivity index (χ0n) is 7.21. The summed E-state index contributed by atoms with van der Waals surface area (Å²) in [6, 6.07) is 0.633. The van der Waals surface area contributed by atoms with Crippen molar-refractivity contribution >= 4 is 23.1 Å². The van der Waals surface area contributed by atoms with E-state index in [1.165, 1.54) is 29.3 Å². The molecule has 0 aliphatic carbocycles. The van der Waals surface area contributed by atoms with Crippen LogP contribution in [0.5, 0.6) is 0 Å². The van der Waals surface area contributed by atoms with Gasteiger partial charge in [0.25, 0.3) is 0 Å². The van der Waals surface area contributed by atoms with Gasteiger partial charge >= 0.3 is 4.87 Å². The van der Waals surface area contributed by atoms with Crippen molar-refractivity contribution < 1.29 is 0 Å². The number of H-pyrrole nitrogens is 1. The van der Waals surface area contributed by atoms with Gasteiger partial charge < -0.3 is 10.3 Å². The van der Waals surface area contributed by atoms with Crippen molar-refractivity contribution in [1.82, 2.24) is 10.3 Å². The SMILES string of the molecule is O=c1[nH]c(CNC2CCSC2)cs1. The van der Waals surface area contributed by atoms with Gasteiger partial charge in [0.2, 0.25) is 0 Å². The summed E-state index contributed by atoms with van der Waals surface area (Å²) in [4.78, 5) is 13.7. The van der Waals surface area contributed by atoms with Crippen molar-refractivity contribution in [1.29, 1.82) is 0 Å². The van der Waals surface area contributed by atoms with Crippen LogP contribution < -0.4 is 10.2 Å². The number of hydrogen-bond acceptors (Lipinski definition) is 4. The predicted molar refractivity (Wildman–Crippen MR) is 57.5 cm³/mol. The minimum Gasteiger partial charge on any atom is -0.315 e. The van der Waals surface area contributed by atoms with Crippen LogP contribution >= 0.6 is 23.1 Å². The second-order valence-electron chi connectivity index (χ2n) is 3.11. The average Bonchev–Trinajstić information content (AvgIpc) is 2.71. The Bertz CT molecular complexity index is 314. The zero-order valence-corrected chi connectivity index (χ0v) is 8.84. The highest BCUT2D eigenvalue weighted by Crippen LogP contribution is 2.17. The van der Waals surface area contributed by atoms with E-state index in [1.807, 2.05) is 17.1 Å². The fraction of sp³-hybridized carbons (Fsp3) is 0.625. The van der Waals surface area contributed by atoms with Crippen LogP contribution in [0.4, 0.5) is 0 Å². The van der Waals surface area contributed by atoms with E-state index in [2.05, 4.69) is 10.3 Å². The molecule has 13 heavy (non-hydrogen) atoms. The number of thiazole rings is 1. The van der Waals surface area contributed by atoms with Crippen LogP contribution in [0, 0.1) is 0 Å². The van der Waals surface area contributed by atoms with Gasteiger partial charge in [-0.2, -0.15) is 11.8 Å². The third kappa shape index (κ3) is 2.59. The predicted octanol–water partition coefficient (Wildman–Crippen LogP) is 1.03. The third-order valence-electron chi connectivity index (χ3n) is 2.08. The Balaban J connectivity index is 1.82. The van der Waals surface area contributed by atoms with Crippen LogP contribution in [-0.2, 0) is 6.54 Å². The Morgan fingerprint density at radius 3 is 3.23 bits per heavy atom. The zero-order chi connectivity index (χ0) is 9.10. The lowest BCUT2D eigenvalue weighted by Crippen LogP contribution is -2.28. The highest BCUT2D eigenvalue weighted by molar-refractivity contribution is 7.99. The maximum Gasteiger partial charge on any atom is 0.304 e. The first-order valence-electron chi connectivity index (χ1n) is 4.32. The Kier molecular flexibility index (Phi) is 3.08. The molecular weight excluding hydrogens is 204 g/mol. The second-order valence-corrected chi connectivity index (χ2v) is 5.11. The molecule has 1 fully saturated rings. The van der Waals surface area contributed by atoms with Crippen LogP contribution in [0.2, 0.25) is 0 Å². The summed E-state index contributed by atoms with van der Waals surface area (Å²) < 4.78 is 0. The summed E-state index contributed by atoms with van der Waals surface area (Å²) in [6.07, 6.45) is 1.25. The minimum absolute atomic E-state index is 0.0394. The summed E-state index contributed by atoms with van der Waals surface area (Å²) in [7, 11) is 0. The minimum atomic E-state index is 0.0394. The molecule has 2 heterocycles. The van der Waals surface area contributed by atoms with Gasteiger partial charge in [-0.15, -0.1) is 0 Å². The molecule has 2 N–H and O–H groups in total. The molecule has 1 saturated heterocycles. The maximum absolute atomic E-state index is 10.8. The molecule has 3 nitrogen and oxygen atoms in total. The topological polar surface area (TPSA) is 44.9 Å². The molecule has 5 heteroatoms. The van der Waals surface area contributed by atoms with Gasteiger partial charge in [-0.05, 0) is 12.2 Å². The summed E-state index contributed by atoms with van der Waals surface area (Å²) in [5.74, 6) is 2.46. The van der Waals surface area contributed by atoms with E-state index in [-0.39, 0.29) is 4.87 Å². The van der Waals surface area contributed by atoms with Crippen LogP contribution in [0.3, 0.4) is 0 Å². The molecule has 2 rings (SSSR count). The van der Waals surface area contributed by atoms with Crippen molar-refractivity contribution in [2.75, 3.05) is 11.5 Å². The molecule has 0 saturated carbocycles. The molecule has 0 radical (unpaired) electrons. The second kappa shape index (κ2) is 4.30. The monoisotopic (exact) mass is 216 g/mol. The van der Waals surface area contributed by atoms with Crippen molar-refractivity contribution in [3.8, 4) is 0 Å². The Labute approximate surface area is 84.9 Å². The van der Waals surface area contributed by atoms with Gasteiger partial charge in [-0.3, -0.25) is 4.79 Å². The fourth-order valence-electron chi connectivity index (χ4n) is 1.35. The van der Waals surface area contributed by atoms with Crippen LogP contribution in [0.1, 0.15) is 12.1 Å². The van der Waals surface area contributed by atoms with Crippen molar-refractivity contribution in [2.45, 2.75) is 19.0 Å². The molecule has 1 unspecified atom stereocenters. The van der Waals surface area contributed by atoms with E-state index in [9.17, 15) is 4.79 Å². The smallest absolute Gasteiger partial charge is 0.304 e. The molecule has 1 aromatic heterocycles. The van der Waals surface area contributed by atoms with Crippen molar-refractivity contribution in [3.05, 3.63) is 20.7 Å². The maximum atomic E-state index is 10.8. The number of hydrogen-bond donors (Lipinski definition) is 2. The van der Waals surface area contributed by atoms with Gasteiger partial charge in [-0.1, -0.05) is 11.3 Å². The van der Waals surface area contributed by atoms with Crippen molar-refractivity contribution in [2.24, 2.45) is 0 Å². The first-order chi connectivity index (χ1) is 6.34. The van der Waals surface area contributed by atoms with Crippen LogP contribution in [-0.4, -0.2) is 22.5 Å². The summed E-state index contributed by atoms with van der Waals surface area (Å²) in [5.41, 5.74) is 1.01. The molecular formula is C8H12N2OS2. The molecule has 72 valence electrons. The lowest BCUT2D eigenvalue weighted by molar-refractivity contribution is 0.553. The average molecular weight is 216 g/mol. The number of aromatic nitrogens is 1. The summed E-state index contributed by atoms with van der Waals surface area (Å²) >= 11 is 3.22. The standard InChI is InChI=1S/C8H12N2OS2/c11-8-10-7(5-13-8)3-9-6-1-2-12-4-6/h5-6,9H,1-4H2,(H,10,11). The Hall–Kier alpha value is -0.260. The fourth-order valence-corrected chi connectivity index (χ4v) is 3.12. The summed E-state index contributed by atoms with van der Waals surface area (Å²) in [6.45, 7) is 0.796. The third-order valence-corrected chi connectivity index (χ3v) is 3.96. The number of thioether (sulfide) groups is 1. The van der Waals surface area contributed by atoms with Gasteiger partial charge in [-0.25, -0.2) is 0 Å². The highest BCUT2D eigenvalue weighted by Gasteiger charge is 2.14. The molecule has 0 spiro atoms. The van der Waals surface area contributed by atoms with Gasteiger partial charge in [0.1, 0.15) is 0 Å². The van der Waals surface area contributed by atoms with Crippen molar-refractivity contribution in [3.63, 3.8) is 0 Å². The molecule has 0 aromatic carbocycles. The van der Waals surface area contributed by atoms with Gasteiger partial charge in [0, 0.05) is 29.4 Å². The Morgan fingerprint density at radius 2 is 2.62 bits per heavy atom. The van der Waals surface area contributed by atoms with E-state index < -0.39 is 0 Å². The summed E-state index contributed by atoms with van der Waals surface area (Å²) in [5, 5.41) is 5.31. The highest BCUT2D eigenvalue weighted by atomic mass is 32.2. The first kappa shape index (κ1) is 9.30. The van der Waals surface area contributed by atoms with E-state index >= 15 is 0 Å². The quantitative estimate of drug-likeness (QED) is 0.793. The molecule has 1 aliphatic rings. The van der Waals surface area contributed by atoms with E-state index in [1.54, 1.807) is 0 Å². The molecule has 1 atom stereocenters. The molecule has 0 bridgehead atoms. The largest absolute Gasteiger partial charge is 0.315 e. The van der Waals surface area contributed by atoms with Gasteiger partial charge in [0.05, 0.1) is 0 Å². The molecule has 1 aromatic rings. The van der Waals surface area contributed by atoms with Gasteiger partial charge in [0.15, 0.2) is 0 Å². The number of nitrogens with one attached hydrogen (secondary N) is 2. The Morgan fingerprint density at radius 1 is 1.69 bits per heavy atom. The normalized spacial score (nSPS) is 22.3. The molecule has 0 amide bonds. The number of rotatable bonds is 3. The van der Waals surface area contributed by atoms with E-state index in [0.717, 1.165) is 12.2 Å². The lowest BCUT2D eigenvalue weighted by atomic mass is 10.2. The molecule has 1 aliphatic heterocycles. The lowest BCUT2D eigenvalue weighted by Gasteiger charge is -2.08. The van der Waals surface area contributed by atoms with Crippen LogP contribution in [0.25, 0.3) is 0 Å². The van der Waals surface area contributed by atoms with E-state index in [0.29, 0.717) is 6.04 Å². The van der Waals surface area contributed by atoms with E-state index in [4.69, 9.17) is 0 Å². The first-order valence-corrected chi connectivity index (χ1v) is 6.36. The number of aromatic amines is 1. The van der Waals surface area contributed by atoms with Crippen LogP contribution in [0.15, 0.2) is 10.2 Å².